The summed E-state index contributed by atoms with van der Waals surface area (Å²) < 4.78 is 6.95. The Morgan fingerprint density at radius 3 is 3.05 bits per heavy atom. The van der Waals surface area contributed by atoms with Crippen LogP contribution in [-0.2, 0) is 16.1 Å². The molecule has 0 amide bonds. The summed E-state index contributed by atoms with van der Waals surface area (Å²) in [5.41, 5.74) is 0.783. The van der Waals surface area contributed by atoms with Crippen LogP contribution in [0.5, 0.6) is 0 Å². The lowest BCUT2D eigenvalue weighted by Gasteiger charge is -2.11. The number of hydrogen-bond donors (Lipinski definition) is 0. The SMILES string of the molecule is CC(Cn1cccn1)OC(=O)/C=C/c1ccc(Cl)nc1. The number of hydrogen-bond acceptors (Lipinski definition) is 4. The lowest BCUT2D eigenvalue weighted by atomic mass is 10.2. The zero-order chi connectivity index (χ0) is 14.4. The summed E-state index contributed by atoms with van der Waals surface area (Å²) in [4.78, 5) is 15.6. The molecule has 1 unspecified atom stereocenters. The zero-order valence-corrected chi connectivity index (χ0v) is 11.7. The fraction of sp³-hybridized carbons (Fsp3) is 0.214. The summed E-state index contributed by atoms with van der Waals surface area (Å²) in [5, 5.41) is 4.47. The first-order valence-electron chi connectivity index (χ1n) is 6.11. The summed E-state index contributed by atoms with van der Waals surface area (Å²) in [6.45, 7) is 2.34. The number of ether oxygens (including phenoxy) is 1. The number of halogens is 1. The van der Waals surface area contributed by atoms with E-state index in [1.165, 1.54) is 6.08 Å². The Labute approximate surface area is 121 Å². The molecule has 0 aliphatic heterocycles. The van der Waals surface area contributed by atoms with Crippen molar-refractivity contribution < 1.29 is 9.53 Å². The molecule has 0 spiro atoms. The van der Waals surface area contributed by atoms with Crippen LogP contribution in [0.3, 0.4) is 0 Å². The molecule has 0 aliphatic rings. The van der Waals surface area contributed by atoms with Gasteiger partial charge >= 0.3 is 5.97 Å². The minimum Gasteiger partial charge on any atom is -0.458 e. The molecule has 0 bridgehead atoms. The molecule has 2 rings (SSSR count). The van der Waals surface area contributed by atoms with Gasteiger partial charge in [-0.15, -0.1) is 0 Å². The van der Waals surface area contributed by atoms with E-state index in [0.717, 1.165) is 5.56 Å². The van der Waals surface area contributed by atoms with E-state index < -0.39 is 5.97 Å². The largest absolute Gasteiger partial charge is 0.458 e. The van der Waals surface area contributed by atoms with Gasteiger partial charge in [-0.25, -0.2) is 9.78 Å². The molecule has 2 aromatic heterocycles. The summed E-state index contributed by atoms with van der Waals surface area (Å²) in [7, 11) is 0. The van der Waals surface area contributed by atoms with E-state index in [9.17, 15) is 4.79 Å². The monoisotopic (exact) mass is 291 g/mol. The summed E-state index contributed by atoms with van der Waals surface area (Å²) in [5.74, 6) is -0.403. The molecule has 0 fully saturated rings. The zero-order valence-electron chi connectivity index (χ0n) is 10.9. The summed E-state index contributed by atoms with van der Waals surface area (Å²) in [6.07, 6.45) is 7.83. The van der Waals surface area contributed by atoms with Crippen LogP contribution >= 0.6 is 11.6 Å². The molecule has 2 heterocycles. The second kappa shape index (κ2) is 6.86. The molecule has 5 nitrogen and oxygen atoms in total. The highest BCUT2D eigenvalue weighted by molar-refractivity contribution is 6.29. The second-order valence-electron chi connectivity index (χ2n) is 4.22. The van der Waals surface area contributed by atoms with Gasteiger partial charge in [0.05, 0.1) is 6.54 Å². The fourth-order valence-corrected chi connectivity index (χ4v) is 1.71. The van der Waals surface area contributed by atoms with Crippen LogP contribution in [0.2, 0.25) is 5.15 Å². The van der Waals surface area contributed by atoms with Crippen LogP contribution < -0.4 is 0 Å². The molecular formula is C14H14ClN3O2. The third kappa shape index (κ3) is 4.51. The normalized spacial score (nSPS) is 12.5. The Kier molecular flexibility index (Phi) is 4.90. The Morgan fingerprint density at radius 2 is 2.40 bits per heavy atom. The highest BCUT2D eigenvalue weighted by Gasteiger charge is 2.07. The second-order valence-corrected chi connectivity index (χ2v) is 4.61. The van der Waals surface area contributed by atoms with E-state index in [0.29, 0.717) is 11.7 Å². The van der Waals surface area contributed by atoms with Gasteiger partial charge in [-0.2, -0.15) is 5.10 Å². The van der Waals surface area contributed by atoms with Crippen molar-refractivity contribution in [1.82, 2.24) is 14.8 Å². The molecule has 20 heavy (non-hydrogen) atoms. The van der Waals surface area contributed by atoms with Gasteiger partial charge in [-0.1, -0.05) is 17.7 Å². The molecule has 2 aromatic rings. The topological polar surface area (TPSA) is 57.0 Å². The molecule has 104 valence electrons. The van der Waals surface area contributed by atoms with Gasteiger partial charge < -0.3 is 4.74 Å². The van der Waals surface area contributed by atoms with Crippen LogP contribution in [-0.4, -0.2) is 26.8 Å². The highest BCUT2D eigenvalue weighted by atomic mass is 35.5. The van der Waals surface area contributed by atoms with Crippen LogP contribution in [0.4, 0.5) is 0 Å². The molecule has 0 saturated heterocycles. The number of esters is 1. The molecule has 0 radical (unpaired) electrons. The van der Waals surface area contributed by atoms with Gasteiger partial charge in [0.1, 0.15) is 11.3 Å². The van der Waals surface area contributed by atoms with Crippen LogP contribution in [0.25, 0.3) is 6.08 Å². The Hall–Kier alpha value is -2.14. The number of rotatable bonds is 5. The smallest absolute Gasteiger partial charge is 0.331 e. The molecule has 1 atom stereocenters. The maximum Gasteiger partial charge on any atom is 0.331 e. The van der Waals surface area contributed by atoms with Crippen molar-refractivity contribution in [2.24, 2.45) is 0 Å². The third-order valence-corrected chi connectivity index (χ3v) is 2.71. The first-order valence-corrected chi connectivity index (χ1v) is 6.49. The lowest BCUT2D eigenvalue weighted by molar-refractivity contribution is -0.142. The fourth-order valence-electron chi connectivity index (χ4n) is 1.60. The average Bonchev–Trinajstić information content (AvgIpc) is 2.90. The van der Waals surface area contributed by atoms with Crippen molar-refractivity contribution in [3.8, 4) is 0 Å². The maximum atomic E-state index is 11.6. The standard InChI is InChI=1S/C14H14ClN3O2/c1-11(10-18-8-2-7-17-18)20-14(19)6-4-12-3-5-13(15)16-9-12/h2-9,11H,10H2,1H3/b6-4+. The predicted octanol–water partition coefficient (Wildman–Crippen LogP) is 2.58. The van der Waals surface area contributed by atoms with Gasteiger partial charge in [0.2, 0.25) is 0 Å². The predicted molar refractivity (Wildman–Crippen MR) is 76.1 cm³/mol. The Bertz CT molecular complexity index is 579. The molecule has 0 aromatic carbocycles. The average molecular weight is 292 g/mol. The number of nitrogens with zero attached hydrogens (tertiary/aromatic N) is 3. The van der Waals surface area contributed by atoms with E-state index in [1.54, 1.807) is 35.3 Å². The van der Waals surface area contributed by atoms with Crippen molar-refractivity contribution >= 4 is 23.6 Å². The van der Waals surface area contributed by atoms with Crippen LogP contribution in [0.1, 0.15) is 12.5 Å². The van der Waals surface area contributed by atoms with Crippen LogP contribution in [0.15, 0.2) is 42.9 Å². The van der Waals surface area contributed by atoms with E-state index in [2.05, 4.69) is 10.1 Å². The number of carbonyl (C=O) groups excluding carboxylic acids is 1. The number of pyridine rings is 1. The van der Waals surface area contributed by atoms with Crippen molar-refractivity contribution in [1.29, 1.82) is 0 Å². The van der Waals surface area contributed by atoms with E-state index in [4.69, 9.17) is 16.3 Å². The van der Waals surface area contributed by atoms with Gasteiger partial charge in [0.25, 0.3) is 0 Å². The van der Waals surface area contributed by atoms with E-state index >= 15 is 0 Å². The van der Waals surface area contributed by atoms with Gasteiger partial charge in [0.15, 0.2) is 0 Å². The van der Waals surface area contributed by atoms with Crippen LogP contribution in [0, 0.1) is 0 Å². The Morgan fingerprint density at radius 1 is 1.55 bits per heavy atom. The lowest BCUT2D eigenvalue weighted by Crippen LogP contribution is -2.19. The molecular weight excluding hydrogens is 278 g/mol. The highest BCUT2D eigenvalue weighted by Crippen LogP contribution is 2.07. The van der Waals surface area contributed by atoms with Gasteiger partial charge in [-0.3, -0.25) is 4.68 Å². The molecule has 6 heteroatoms. The third-order valence-electron chi connectivity index (χ3n) is 2.48. The van der Waals surface area contributed by atoms with Crippen molar-refractivity contribution in [2.45, 2.75) is 19.6 Å². The maximum absolute atomic E-state index is 11.6. The number of aromatic nitrogens is 3. The quantitative estimate of drug-likeness (QED) is 0.483. The summed E-state index contributed by atoms with van der Waals surface area (Å²) in [6, 6.07) is 5.25. The molecule has 0 saturated carbocycles. The van der Waals surface area contributed by atoms with Crippen molar-refractivity contribution in [3.05, 3.63) is 53.6 Å². The van der Waals surface area contributed by atoms with Gasteiger partial charge in [-0.05, 0) is 30.7 Å². The number of carbonyl (C=O) groups is 1. The first kappa shape index (κ1) is 14.3. The minimum atomic E-state index is -0.403. The molecule has 0 N–H and O–H groups in total. The molecule has 0 aliphatic carbocycles. The van der Waals surface area contributed by atoms with E-state index in [1.807, 2.05) is 19.2 Å². The first-order chi connectivity index (χ1) is 9.63. The van der Waals surface area contributed by atoms with Crippen molar-refractivity contribution in [2.75, 3.05) is 0 Å². The van der Waals surface area contributed by atoms with Gasteiger partial charge in [0, 0.05) is 24.7 Å². The van der Waals surface area contributed by atoms with E-state index in [-0.39, 0.29) is 6.10 Å². The minimum absolute atomic E-state index is 0.254. The Balaban J connectivity index is 1.84. The van der Waals surface area contributed by atoms with Crippen molar-refractivity contribution in [3.63, 3.8) is 0 Å². The summed E-state index contributed by atoms with van der Waals surface area (Å²) >= 11 is 5.68.